The Morgan fingerprint density at radius 2 is 0.949 bits per heavy atom. The SMILES string of the molecule is C.CC.CC.CCN.CCOc1ccccc1.CCOc1ccccc1.O=CO[O-].Oc1ccccc1.[K+].[K]. The number of hydrogen-bond acceptors (Lipinski definition) is 7. The molecule has 7 nitrogen and oxygen atoms in total. The molecule has 0 bridgehead atoms. The van der Waals surface area contributed by atoms with E-state index in [2.05, 4.69) is 4.89 Å². The molecule has 0 atom stereocenters. The van der Waals surface area contributed by atoms with Gasteiger partial charge in [-0.15, -0.1) is 0 Å². The molecule has 3 aromatic carbocycles. The van der Waals surface area contributed by atoms with Crippen molar-refractivity contribution >= 4 is 57.9 Å². The first-order valence-electron chi connectivity index (χ1n) is 12.1. The molecule has 0 saturated heterocycles. The summed E-state index contributed by atoms with van der Waals surface area (Å²) in [5.41, 5.74) is 4.85. The second-order valence-electron chi connectivity index (χ2n) is 5.43. The Balaban J connectivity index is -0.0000000649. The van der Waals surface area contributed by atoms with Gasteiger partial charge in [0.25, 0.3) is 6.47 Å². The van der Waals surface area contributed by atoms with Gasteiger partial charge in [-0.3, -0.25) is 4.79 Å². The zero-order valence-corrected chi connectivity index (χ0v) is 31.2. The fourth-order valence-electron chi connectivity index (χ4n) is 1.79. The summed E-state index contributed by atoms with van der Waals surface area (Å²) < 4.78 is 10.4. The molecule has 0 fully saturated rings. The Hall–Kier alpha value is -0.277. The molecule has 0 unspecified atom stereocenters. The molecule has 0 spiro atoms. The van der Waals surface area contributed by atoms with Gasteiger partial charge in [-0.25, -0.2) is 0 Å². The van der Waals surface area contributed by atoms with E-state index in [-0.39, 0.29) is 117 Å². The minimum Gasteiger partial charge on any atom is -0.662 e. The molecule has 0 amide bonds. The summed E-state index contributed by atoms with van der Waals surface area (Å²) in [4.78, 5) is 11.2. The molecule has 0 aromatic heterocycles. The van der Waals surface area contributed by atoms with Gasteiger partial charge in [0.05, 0.1) is 13.2 Å². The Kier molecular flexibility index (Phi) is 75.7. The average Bonchev–Trinajstić information content (AvgIpc) is 2.94. The molecule has 9 heteroatoms. The van der Waals surface area contributed by atoms with Crippen molar-refractivity contribution in [2.24, 2.45) is 5.73 Å². The molecule has 39 heavy (non-hydrogen) atoms. The van der Waals surface area contributed by atoms with Gasteiger partial charge in [0, 0.05) is 51.4 Å². The van der Waals surface area contributed by atoms with Gasteiger partial charge in [-0.1, -0.05) is 96.6 Å². The standard InChI is InChI=1S/2C8H10O.C6H6O.C2H7N.2C2H6.CH2O3.CH4.2K/c2*1-2-9-8-6-4-3-5-7-8;7-6-4-2-1-3-5-6;1-2-3;2*1-2;2-1-4-3;;;/h2*3-7H,2H2,1H3;1-5,7H;2-3H2,1H3;2*1-2H3;1,3H;1H4;;/q;;;;;;;;;+1/p-1. The average molecular weight is 599 g/mol. The number of ether oxygens (including phenoxy) is 2. The van der Waals surface area contributed by atoms with Crippen LogP contribution < -0.4 is 71.8 Å². The number of hydrogen-bond donors (Lipinski definition) is 2. The quantitative estimate of drug-likeness (QED) is 0.201. The van der Waals surface area contributed by atoms with Crippen LogP contribution in [0.2, 0.25) is 0 Å². The van der Waals surface area contributed by atoms with Crippen molar-refractivity contribution in [3.63, 3.8) is 0 Å². The predicted octanol–water partition coefficient (Wildman–Crippen LogP) is 3.27. The number of aromatic hydroxyl groups is 1. The summed E-state index contributed by atoms with van der Waals surface area (Å²) in [5, 5.41) is 17.1. The van der Waals surface area contributed by atoms with Crippen molar-refractivity contribution < 1.29 is 80.9 Å². The number of benzene rings is 3. The van der Waals surface area contributed by atoms with E-state index in [4.69, 9.17) is 30.4 Å². The van der Waals surface area contributed by atoms with Gasteiger partial charge in [0.2, 0.25) is 0 Å². The largest absolute Gasteiger partial charge is 1.00 e. The van der Waals surface area contributed by atoms with Crippen LogP contribution in [0.15, 0.2) is 91.0 Å². The van der Waals surface area contributed by atoms with E-state index in [0.717, 1.165) is 31.3 Å². The second kappa shape index (κ2) is 53.9. The molecule has 0 saturated carbocycles. The first-order valence-corrected chi connectivity index (χ1v) is 12.1. The van der Waals surface area contributed by atoms with Crippen LogP contribution in [0.1, 0.15) is 55.9 Å². The van der Waals surface area contributed by atoms with Crippen LogP contribution in [0.4, 0.5) is 0 Å². The number of phenols is 1. The molecule has 0 aliphatic carbocycles. The number of phenolic OH excluding ortho intramolecular Hbond substituents is 1. The number of carbonyl (C=O) groups excluding carboxylic acids is 1. The van der Waals surface area contributed by atoms with Crippen LogP contribution in [0.25, 0.3) is 0 Å². The maximum atomic E-state index is 8.64. The number of nitrogens with two attached hydrogens (primary N) is 1. The van der Waals surface area contributed by atoms with Crippen LogP contribution in [0.3, 0.4) is 0 Å². The van der Waals surface area contributed by atoms with Gasteiger partial charge >= 0.3 is 51.4 Å². The maximum Gasteiger partial charge on any atom is 1.00 e. The Bertz CT molecular complexity index is 699. The van der Waals surface area contributed by atoms with E-state index < -0.39 is 0 Å². The normalized spacial score (nSPS) is 7.00. The third-order valence-corrected chi connectivity index (χ3v) is 2.90. The maximum absolute atomic E-state index is 8.64. The van der Waals surface area contributed by atoms with Gasteiger partial charge in [0.1, 0.15) is 17.2 Å². The van der Waals surface area contributed by atoms with Crippen molar-refractivity contribution in [2.75, 3.05) is 19.8 Å². The van der Waals surface area contributed by atoms with E-state index in [1.54, 1.807) is 24.3 Å². The van der Waals surface area contributed by atoms with E-state index in [0.29, 0.717) is 5.75 Å². The van der Waals surface area contributed by atoms with Crippen LogP contribution in [-0.4, -0.2) is 82.7 Å². The predicted molar refractivity (Wildman–Crippen MR) is 160 cm³/mol. The summed E-state index contributed by atoms with van der Waals surface area (Å²) >= 11 is 0. The third-order valence-electron chi connectivity index (χ3n) is 2.90. The van der Waals surface area contributed by atoms with Crippen molar-refractivity contribution in [1.29, 1.82) is 0 Å². The zero-order chi connectivity index (χ0) is 28.3. The second-order valence-corrected chi connectivity index (χ2v) is 5.43. The van der Waals surface area contributed by atoms with E-state index >= 15 is 0 Å². The number of carbonyl (C=O) groups is 1. The molecular formula is C30H50K2NO6. The van der Waals surface area contributed by atoms with Crippen molar-refractivity contribution in [3.05, 3.63) is 91.0 Å². The molecule has 1 radical (unpaired) electrons. The van der Waals surface area contributed by atoms with Gasteiger partial charge in [0.15, 0.2) is 0 Å². The van der Waals surface area contributed by atoms with Gasteiger partial charge < -0.3 is 30.5 Å². The topological polar surface area (TPSA) is 114 Å². The van der Waals surface area contributed by atoms with Crippen LogP contribution >= 0.6 is 0 Å². The summed E-state index contributed by atoms with van der Waals surface area (Å²) in [6.45, 7) is 15.9. The minimum absolute atomic E-state index is 0. The number of rotatable bonds is 5. The van der Waals surface area contributed by atoms with Gasteiger partial charge in [-0.2, -0.15) is 0 Å². The Morgan fingerprint density at radius 3 is 1.10 bits per heavy atom. The number of para-hydroxylation sites is 3. The van der Waals surface area contributed by atoms with Crippen molar-refractivity contribution in [2.45, 2.75) is 55.9 Å². The Labute approximate surface area is 323 Å². The van der Waals surface area contributed by atoms with Crippen LogP contribution in [0, 0.1) is 0 Å². The molecule has 3 N–H and O–H groups in total. The molecular weight excluding hydrogens is 549 g/mol. The molecule has 0 aliphatic rings. The minimum atomic E-state index is -0.181. The zero-order valence-electron chi connectivity index (χ0n) is 24.9. The fourth-order valence-corrected chi connectivity index (χ4v) is 1.79. The molecule has 3 rings (SSSR count). The summed E-state index contributed by atoms with van der Waals surface area (Å²) in [6.07, 6.45) is 0. The smallest absolute Gasteiger partial charge is 0.662 e. The summed E-state index contributed by atoms with van der Waals surface area (Å²) in [5.74, 6) is 2.21. The molecule has 0 heterocycles. The van der Waals surface area contributed by atoms with E-state index in [9.17, 15) is 0 Å². The third kappa shape index (κ3) is 51.0. The molecule has 213 valence electrons. The van der Waals surface area contributed by atoms with E-state index in [1.807, 2.05) is 115 Å². The van der Waals surface area contributed by atoms with Crippen molar-refractivity contribution in [3.8, 4) is 17.2 Å². The summed E-state index contributed by atoms with van der Waals surface area (Å²) in [6, 6.07) is 28.3. The summed E-state index contributed by atoms with van der Waals surface area (Å²) in [7, 11) is 0. The monoisotopic (exact) mass is 598 g/mol. The van der Waals surface area contributed by atoms with Crippen LogP contribution in [0.5, 0.6) is 17.2 Å². The first kappa shape index (κ1) is 54.8. The fraction of sp³-hybridized carbons (Fsp3) is 0.367. The molecule has 3 aromatic rings. The Morgan fingerprint density at radius 1 is 0.718 bits per heavy atom. The molecule has 0 aliphatic heterocycles. The van der Waals surface area contributed by atoms with Gasteiger partial charge in [-0.05, 0) is 56.8 Å². The van der Waals surface area contributed by atoms with Crippen LogP contribution in [-0.2, 0) is 9.68 Å². The van der Waals surface area contributed by atoms with E-state index in [1.165, 1.54) is 0 Å². The first-order chi connectivity index (χ1) is 17.6. The van der Waals surface area contributed by atoms with Crippen molar-refractivity contribution in [1.82, 2.24) is 0 Å².